The van der Waals surface area contributed by atoms with Crippen molar-refractivity contribution in [2.24, 2.45) is 0 Å². The Hall–Kier alpha value is -1.52. The van der Waals surface area contributed by atoms with Crippen LogP contribution in [0.5, 0.6) is 0 Å². The molecule has 0 aliphatic carbocycles. The van der Waals surface area contributed by atoms with Crippen LogP contribution in [0.25, 0.3) is 11.0 Å². The number of rotatable bonds is 1. The Kier molecular flexibility index (Phi) is 2.97. The number of nitrogens with zero attached hydrogens (tertiary/aromatic N) is 1. The molecule has 3 rings (SSSR count). The summed E-state index contributed by atoms with van der Waals surface area (Å²) in [6.45, 7) is 3.08. The highest BCUT2D eigenvalue weighted by Crippen LogP contribution is 2.22. The number of morpholine rings is 1. The summed E-state index contributed by atoms with van der Waals surface area (Å²) in [7, 11) is 0. The zero-order chi connectivity index (χ0) is 12.5. The predicted molar refractivity (Wildman–Crippen MR) is 70.5 cm³/mol. The normalized spacial score (nSPS) is 16.2. The molecule has 1 aliphatic heterocycles. The summed E-state index contributed by atoms with van der Waals surface area (Å²) in [4.78, 5) is 14.1. The van der Waals surface area contributed by atoms with Crippen LogP contribution < -0.4 is 10.3 Å². The maximum absolute atomic E-state index is 11.9. The minimum Gasteiger partial charge on any atom is -0.463 e. The van der Waals surface area contributed by atoms with Crippen LogP contribution in [-0.2, 0) is 4.74 Å². The quantitative estimate of drug-likeness (QED) is 0.793. The Morgan fingerprint density at radius 1 is 1.22 bits per heavy atom. The number of anilines is 1. The molecule has 0 saturated carbocycles. The zero-order valence-corrected chi connectivity index (χ0v) is 10.4. The van der Waals surface area contributed by atoms with E-state index in [1.165, 1.54) is 6.26 Å². The average Bonchev–Trinajstić information content (AvgIpc) is 2.44. The van der Waals surface area contributed by atoms with Gasteiger partial charge in [0.15, 0.2) is 0 Å². The van der Waals surface area contributed by atoms with E-state index in [4.69, 9.17) is 20.8 Å². The second-order valence-corrected chi connectivity index (χ2v) is 4.60. The van der Waals surface area contributed by atoms with Crippen molar-refractivity contribution in [2.45, 2.75) is 0 Å². The maximum Gasteiger partial charge on any atom is 0.211 e. The number of halogens is 1. The SMILES string of the molecule is O=c1c(Cl)coc2ccc(N3CCOCC3)cc12. The monoisotopic (exact) mass is 265 g/mol. The Morgan fingerprint density at radius 2 is 2.00 bits per heavy atom. The molecule has 1 fully saturated rings. The first-order valence-corrected chi connectivity index (χ1v) is 6.17. The summed E-state index contributed by atoms with van der Waals surface area (Å²) in [5.74, 6) is 0. The van der Waals surface area contributed by atoms with Crippen molar-refractivity contribution in [1.82, 2.24) is 0 Å². The second-order valence-electron chi connectivity index (χ2n) is 4.19. The molecule has 2 aromatic rings. The van der Waals surface area contributed by atoms with Gasteiger partial charge in [0, 0.05) is 18.8 Å². The van der Waals surface area contributed by atoms with Gasteiger partial charge in [-0.25, -0.2) is 0 Å². The number of hydrogen-bond acceptors (Lipinski definition) is 4. The third-order valence-corrected chi connectivity index (χ3v) is 3.35. The third-order valence-electron chi connectivity index (χ3n) is 3.09. The standard InChI is InChI=1S/C13H12ClNO3/c14-11-8-18-12-2-1-9(7-10(12)13(11)16)15-3-5-17-6-4-15/h1-2,7-8H,3-6H2. The lowest BCUT2D eigenvalue weighted by molar-refractivity contribution is 0.122. The minimum absolute atomic E-state index is 0.113. The van der Waals surface area contributed by atoms with Crippen LogP contribution in [0.4, 0.5) is 5.69 Å². The van der Waals surface area contributed by atoms with E-state index in [-0.39, 0.29) is 10.5 Å². The van der Waals surface area contributed by atoms with Crippen LogP contribution >= 0.6 is 11.6 Å². The molecule has 0 bridgehead atoms. The maximum atomic E-state index is 11.9. The van der Waals surface area contributed by atoms with Crippen LogP contribution in [0.15, 0.2) is 33.7 Å². The lowest BCUT2D eigenvalue weighted by Gasteiger charge is -2.28. The molecular formula is C13H12ClNO3. The van der Waals surface area contributed by atoms with Gasteiger partial charge >= 0.3 is 0 Å². The molecule has 18 heavy (non-hydrogen) atoms. The molecule has 94 valence electrons. The number of ether oxygens (including phenoxy) is 1. The third kappa shape index (κ3) is 1.98. The largest absolute Gasteiger partial charge is 0.463 e. The van der Waals surface area contributed by atoms with Crippen LogP contribution in [0.3, 0.4) is 0 Å². The Morgan fingerprint density at radius 3 is 2.78 bits per heavy atom. The first-order valence-electron chi connectivity index (χ1n) is 5.79. The summed E-state index contributed by atoms with van der Waals surface area (Å²) in [5, 5.41) is 0.633. The molecule has 1 aromatic carbocycles. The lowest BCUT2D eigenvalue weighted by atomic mass is 10.2. The molecule has 0 unspecified atom stereocenters. The highest BCUT2D eigenvalue weighted by Gasteiger charge is 2.13. The van der Waals surface area contributed by atoms with E-state index in [1.807, 2.05) is 12.1 Å². The van der Waals surface area contributed by atoms with Crippen molar-refractivity contribution in [3.05, 3.63) is 39.7 Å². The summed E-state index contributed by atoms with van der Waals surface area (Å²) in [6.07, 6.45) is 1.28. The fourth-order valence-corrected chi connectivity index (χ4v) is 2.26. The minimum atomic E-state index is -0.187. The van der Waals surface area contributed by atoms with Crippen LogP contribution in [0, 0.1) is 0 Å². The number of benzene rings is 1. The molecular weight excluding hydrogens is 254 g/mol. The van der Waals surface area contributed by atoms with Crippen molar-refractivity contribution < 1.29 is 9.15 Å². The molecule has 1 aliphatic rings. The van der Waals surface area contributed by atoms with E-state index >= 15 is 0 Å². The van der Waals surface area contributed by atoms with Crippen molar-refractivity contribution in [3.63, 3.8) is 0 Å². The highest BCUT2D eigenvalue weighted by molar-refractivity contribution is 6.30. The van der Waals surface area contributed by atoms with Gasteiger partial charge in [0.1, 0.15) is 16.9 Å². The molecule has 0 amide bonds. The van der Waals surface area contributed by atoms with E-state index in [9.17, 15) is 4.79 Å². The number of hydrogen-bond donors (Lipinski definition) is 0. The Balaban J connectivity index is 2.09. The lowest BCUT2D eigenvalue weighted by Crippen LogP contribution is -2.36. The molecule has 4 nitrogen and oxygen atoms in total. The van der Waals surface area contributed by atoms with Gasteiger partial charge < -0.3 is 14.1 Å². The van der Waals surface area contributed by atoms with Gasteiger partial charge in [0.25, 0.3) is 0 Å². The van der Waals surface area contributed by atoms with Crippen molar-refractivity contribution in [1.29, 1.82) is 0 Å². The molecule has 1 aromatic heterocycles. The van der Waals surface area contributed by atoms with E-state index in [0.717, 1.165) is 18.8 Å². The van der Waals surface area contributed by atoms with E-state index in [0.29, 0.717) is 24.2 Å². The summed E-state index contributed by atoms with van der Waals surface area (Å²) < 4.78 is 10.6. The fourth-order valence-electron chi connectivity index (χ4n) is 2.11. The van der Waals surface area contributed by atoms with E-state index in [1.54, 1.807) is 6.07 Å². The smallest absolute Gasteiger partial charge is 0.211 e. The Labute approximate surface area is 109 Å². The van der Waals surface area contributed by atoms with Crippen molar-refractivity contribution in [3.8, 4) is 0 Å². The van der Waals surface area contributed by atoms with Gasteiger partial charge in [0.05, 0.1) is 18.6 Å². The van der Waals surface area contributed by atoms with Gasteiger partial charge in [-0.15, -0.1) is 0 Å². The van der Waals surface area contributed by atoms with Gasteiger partial charge in [-0.05, 0) is 18.2 Å². The average molecular weight is 266 g/mol. The second kappa shape index (κ2) is 4.63. The molecule has 0 radical (unpaired) electrons. The van der Waals surface area contributed by atoms with Gasteiger partial charge in [0.2, 0.25) is 5.43 Å². The van der Waals surface area contributed by atoms with E-state index in [2.05, 4.69) is 4.90 Å². The van der Waals surface area contributed by atoms with Gasteiger partial charge in [-0.2, -0.15) is 0 Å². The molecule has 0 N–H and O–H groups in total. The summed E-state index contributed by atoms with van der Waals surface area (Å²) >= 11 is 5.79. The van der Waals surface area contributed by atoms with Crippen molar-refractivity contribution >= 4 is 28.3 Å². The first-order chi connectivity index (χ1) is 8.75. The van der Waals surface area contributed by atoms with Gasteiger partial charge in [-0.1, -0.05) is 11.6 Å². The summed E-state index contributed by atoms with van der Waals surface area (Å²) in [5.41, 5.74) is 1.37. The highest BCUT2D eigenvalue weighted by atomic mass is 35.5. The van der Waals surface area contributed by atoms with E-state index < -0.39 is 0 Å². The topological polar surface area (TPSA) is 42.7 Å². The van der Waals surface area contributed by atoms with Crippen LogP contribution in [-0.4, -0.2) is 26.3 Å². The van der Waals surface area contributed by atoms with Crippen molar-refractivity contribution in [2.75, 3.05) is 31.2 Å². The zero-order valence-electron chi connectivity index (χ0n) is 9.69. The molecule has 1 saturated heterocycles. The molecule has 5 heteroatoms. The Bertz CT molecular complexity index is 632. The summed E-state index contributed by atoms with van der Waals surface area (Å²) in [6, 6.07) is 5.58. The first kappa shape index (κ1) is 11.6. The predicted octanol–water partition coefficient (Wildman–Crippen LogP) is 2.28. The van der Waals surface area contributed by atoms with Crippen LogP contribution in [0.2, 0.25) is 5.02 Å². The number of fused-ring (bicyclic) bond motifs is 1. The van der Waals surface area contributed by atoms with Crippen LogP contribution in [0.1, 0.15) is 0 Å². The molecule has 0 atom stereocenters. The molecule has 0 spiro atoms. The van der Waals surface area contributed by atoms with Gasteiger partial charge in [-0.3, -0.25) is 4.79 Å². The molecule has 2 heterocycles. The fraction of sp³-hybridized carbons (Fsp3) is 0.308.